The van der Waals surface area contributed by atoms with Crippen LogP contribution in [-0.4, -0.2) is 33.9 Å². The maximum atomic E-state index is 12.1. The van der Waals surface area contributed by atoms with Crippen LogP contribution in [0.1, 0.15) is 37.9 Å². The molecule has 0 aliphatic heterocycles. The van der Waals surface area contributed by atoms with Crippen LogP contribution in [0.25, 0.3) is 0 Å². The average molecular weight is 342 g/mol. The fraction of sp³-hybridized carbons (Fsp3) is 0.500. The fourth-order valence-corrected chi connectivity index (χ4v) is 2.85. The van der Waals surface area contributed by atoms with E-state index in [1.165, 1.54) is 12.8 Å². The third-order valence-electron chi connectivity index (χ3n) is 4.42. The predicted octanol–water partition coefficient (Wildman–Crippen LogP) is 3.18. The van der Waals surface area contributed by atoms with Gasteiger partial charge in [-0.25, -0.2) is 9.48 Å². The zero-order valence-electron chi connectivity index (χ0n) is 14.8. The summed E-state index contributed by atoms with van der Waals surface area (Å²) in [6, 6.07) is 5.92. The third kappa shape index (κ3) is 4.95. The molecule has 7 nitrogen and oxygen atoms in total. The highest BCUT2D eigenvalue weighted by molar-refractivity contribution is 5.88. The van der Waals surface area contributed by atoms with Gasteiger partial charge in [0.15, 0.2) is 0 Å². The molecule has 2 amide bonds. The molecule has 134 valence electrons. The minimum Gasteiger partial charge on any atom is -0.384 e. The number of nitrogens with zero attached hydrogens (tertiary/aromatic N) is 3. The molecule has 0 spiro atoms. The highest BCUT2D eigenvalue weighted by Gasteiger charge is 2.31. The Balaban J connectivity index is 1.40. The van der Waals surface area contributed by atoms with Crippen LogP contribution in [0, 0.1) is 12.8 Å². The quantitative estimate of drug-likeness (QED) is 0.643. The van der Waals surface area contributed by atoms with Gasteiger partial charge >= 0.3 is 6.03 Å². The van der Waals surface area contributed by atoms with Gasteiger partial charge in [0, 0.05) is 31.5 Å². The maximum Gasteiger partial charge on any atom is 0.320 e. The van der Waals surface area contributed by atoms with E-state index in [9.17, 15) is 4.79 Å². The molecule has 1 saturated carbocycles. The molecule has 0 aromatic carbocycles. The van der Waals surface area contributed by atoms with Crippen molar-refractivity contribution in [2.24, 2.45) is 5.92 Å². The van der Waals surface area contributed by atoms with E-state index >= 15 is 0 Å². The second-order valence-electron chi connectivity index (χ2n) is 6.60. The highest BCUT2D eigenvalue weighted by atomic mass is 16.2. The van der Waals surface area contributed by atoms with Gasteiger partial charge in [-0.05, 0) is 51.2 Å². The Morgan fingerprint density at radius 3 is 2.96 bits per heavy atom. The van der Waals surface area contributed by atoms with Gasteiger partial charge in [-0.2, -0.15) is 5.10 Å². The van der Waals surface area contributed by atoms with E-state index in [1.54, 1.807) is 12.4 Å². The first-order chi connectivity index (χ1) is 12.1. The molecule has 2 aromatic heterocycles. The van der Waals surface area contributed by atoms with Gasteiger partial charge in [0.1, 0.15) is 5.82 Å². The molecule has 0 saturated heterocycles. The largest absolute Gasteiger partial charge is 0.384 e. The summed E-state index contributed by atoms with van der Waals surface area (Å²) < 4.78 is 1.94. The van der Waals surface area contributed by atoms with E-state index in [0.29, 0.717) is 18.5 Å². The molecule has 2 aromatic rings. The average Bonchev–Trinajstić information content (AvgIpc) is 3.39. The van der Waals surface area contributed by atoms with Crippen molar-refractivity contribution in [3.8, 4) is 0 Å². The zero-order valence-corrected chi connectivity index (χ0v) is 14.8. The first-order valence-corrected chi connectivity index (χ1v) is 8.88. The molecule has 0 radical (unpaired) electrons. The number of anilines is 2. The molecule has 1 fully saturated rings. The molecule has 7 heteroatoms. The number of hydrogen-bond donors (Lipinski definition) is 3. The number of amides is 2. The van der Waals surface area contributed by atoms with Crippen molar-refractivity contribution in [2.45, 2.75) is 39.2 Å². The van der Waals surface area contributed by atoms with Crippen molar-refractivity contribution in [3.63, 3.8) is 0 Å². The van der Waals surface area contributed by atoms with Gasteiger partial charge in [0.2, 0.25) is 0 Å². The number of carbonyl (C=O) groups excluding carboxylic acids is 1. The Kier molecular flexibility index (Phi) is 5.53. The minimum absolute atomic E-state index is 0.189. The molecule has 0 bridgehead atoms. The summed E-state index contributed by atoms with van der Waals surface area (Å²) in [7, 11) is 0. The van der Waals surface area contributed by atoms with E-state index in [2.05, 4.69) is 33.0 Å². The van der Waals surface area contributed by atoms with Crippen LogP contribution in [0.4, 0.5) is 16.3 Å². The Hall–Kier alpha value is -2.57. The number of aryl methyl sites for hydroxylation is 1. The number of aromatic nitrogens is 3. The summed E-state index contributed by atoms with van der Waals surface area (Å²) in [5, 5.41) is 13.6. The van der Waals surface area contributed by atoms with Crippen molar-refractivity contribution in [2.75, 3.05) is 23.7 Å². The summed E-state index contributed by atoms with van der Waals surface area (Å²) in [6.07, 6.45) is 6.85. The molecule has 1 unspecified atom stereocenters. The van der Waals surface area contributed by atoms with E-state index < -0.39 is 0 Å². The van der Waals surface area contributed by atoms with E-state index in [4.69, 9.17) is 0 Å². The SMILES string of the molecule is Cc1cc(NC(=O)NCCCNc2cccnc2)n(C(C)C2CC2)n1. The lowest BCUT2D eigenvalue weighted by Crippen LogP contribution is -2.31. The lowest BCUT2D eigenvalue weighted by molar-refractivity contribution is 0.251. The fourth-order valence-electron chi connectivity index (χ4n) is 2.85. The molecule has 1 aliphatic carbocycles. The normalized spacial score (nSPS) is 14.8. The van der Waals surface area contributed by atoms with Crippen molar-refractivity contribution in [3.05, 3.63) is 36.3 Å². The van der Waals surface area contributed by atoms with Crippen LogP contribution in [0.3, 0.4) is 0 Å². The number of hydrogen-bond acceptors (Lipinski definition) is 4. The first-order valence-electron chi connectivity index (χ1n) is 8.88. The first kappa shape index (κ1) is 17.3. The standard InChI is InChI=1S/C18H26N6O/c1-13-11-17(24(23-13)14(2)15-6-7-15)22-18(25)21-10-4-9-20-16-5-3-8-19-12-16/h3,5,8,11-12,14-15,20H,4,6-7,9-10H2,1-2H3,(H2,21,22,25). The number of pyridine rings is 1. The minimum atomic E-state index is -0.189. The molecule has 1 atom stereocenters. The second kappa shape index (κ2) is 8.00. The number of urea groups is 1. The zero-order chi connectivity index (χ0) is 17.6. The van der Waals surface area contributed by atoms with Crippen molar-refractivity contribution in [1.82, 2.24) is 20.1 Å². The molecule has 3 N–H and O–H groups in total. The van der Waals surface area contributed by atoms with Crippen LogP contribution in [0.5, 0.6) is 0 Å². The van der Waals surface area contributed by atoms with Gasteiger partial charge < -0.3 is 10.6 Å². The van der Waals surface area contributed by atoms with Crippen molar-refractivity contribution >= 4 is 17.5 Å². The van der Waals surface area contributed by atoms with Crippen LogP contribution in [0.15, 0.2) is 30.6 Å². The number of nitrogens with one attached hydrogen (secondary N) is 3. The summed E-state index contributed by atoms with van der Waals surface area (Å²) >= 11 is 0. The highest BCUT2D eigenvalue weighted by Crippen LogP contribution is 2.40. The number of rotatable bonds is 8. The summed E-state index contributed by atoms with van der Waals surface area (Å²) in [6.45, 7) is 5.49. The summed E-state index contributed by atoms with van der Waals surface area (Å²) in [5.74, 6) is 1.45. The van der Waals surface area contributed by atoms with Gasteiger partial charge in [0.25, 0.3) is 0 Å². The van der Waals surface area contributed by atoms with Crippen molar-refractivity contribution < 1.29 is 4.79 Å². The monoisotopic (exact) mass is 342 g/mol. The Labute approximate surface area is 148 Å². The maximum absolute atomic E-state index is 12.1. The van der Waals surface area contributed by atoms with Crippen LogP contribution in [0.2, 0.25) is 0 Å². The molecule has 1 aliphatic rings. The molecule has 25 heavy (non-hydrogen) atoms. The summed E-state index contributed by atoms with van der Waals surface area (Å²) in [5.41, 5.74) is 1.91. The molecular formula is C18H26N6O. The Morgan fingerprint density at radius 2 is 2.24 bits per heavy atom. The second-order valence-corrected chi connectivity index (χ2v) is 6.60. The lowest BCUT2D eigenvalue weighted by Gasteiger charge is -2.15. The van der Waals surface area contributed by atoms with Gasteiger partial charge in [-0.3, -0.25) is 10.3 Å². The Bertz CT molecular complexity index is 695. The Morgan fingerprint density at radius 1 is 1.40 bits per heavy atom. The van der Waals surface area contributed by atoms with Gasteiger partial charge in [-0.15, -0.1) is 0 Å². The van der Waals surface area contributed by atoms with Gasteiger partial charge in [0.05, 0.1) is 17.4 Å². The third-order valence-corrected chi connectivity index (χ3v) is 4.42. The van der Waals surface area contributed by atoms with Gasteiger partial charge in [-0.1, -0.05) is 0 Å². The molecular weight excluding hydrogens is 316 g/mol. The van der Waals surface area contributed by atoms with E-state index in [-0.39, 0.29) is 6.03 Å². The number of carbonyl (C=O) groups is 1. The topological polar surface area (TPSA) is 83.9 Å². The van der Waals surface area contributed by atoms with Crippen LogP contribution < -0.4 is 16.0 Å². The van der Waals surface area contributed by atoms with E-state index in [0.717, 1.165) is 30.2 Å². The predicted molar refractivity (Wildman–Crippen MR) is 98.8 cm³/mol. The van der Waals surface area contributed by atoms with Crippen LogP contribution in [-0.2, 0) is 0 Å². The molecule has 2 heterocycles. The van der Waals surface area contributed by atoms with Crippen LogP contribution >= 0.6 is 0 Å². The summed E-state index contributed by atoms with van der Waals surface area (Å²) in [4.78, 5) is 16.2. The smallest absolute Gasteiger partial charge is 0.320 e. The molecule has 3 rings (SSSR count). The lowest BCUT2D eigenvalue weighted by atomic mass is 10.2. The van der Waals surface area contributed by atoms with Crippen molar-refractivity contribution in [1.29, 1.82) is 0 Å². The van der Waals surface area contributed by atoms with E-state index in [1.807, 2.05) is 29.8 Å².